The van der Waals surface area contributed by atoms with E-state index in [1.807, 2.05) is 0 Å². The van der Waals surface area contributed by atoms with Crippen LogP contribution >= 0.6 is 11.6 Å². The first-order chi connectivity index (χ1) is 8.80. The molecule has 0 amide bonds. The van der Waals surface area contributed by atoms with Crippen LogP contribution in [0.4, 0.5) is 0 Å². The van der Waals surface area contributed by atoms with Crippen molar-refractivity contribution in [3.8, 4) is 0 Å². The zero-order valence-corrected chi connectivity index (χ0v) is 12.1. The molecule has 0 radical (unpaired) electrons. The summed E-state index contributed by atoms with van der Waals surface area (Å²) in [5.74, 6) is -1.22. The zero-order chi connectivity index (χ0) is 14.6. The molecule has 0 aliphatic heterocycles. The summed E-state index contributed by atoms with van der Waals surface area (Å²) >= 11 is 5.77. The van der Waals surface area contributed by atoms with E-state index in [0.717, 1.165) is 4.31 Å². The molecule has 0 fully saturated rings. The number of hydrogen-bond donors (Lipinski definition) is 1. The van der Waals surface area contributed by atoms with E-state index in [1.165, 1.54) is 18.3 Å². The summed E-state index contributed by atoms with van der Waals surface area (Å²) < 4.78 is 25.8. The third-order valence-corrected chi connectivity index (χ3v) is 5.09. The van der Waals surface area contributed by atoms with Crippen LogP contribution in [-0.2, 0) is 14.8 Å². The fourth-order valence-electron chi connectivity index (χ4n) is 1.50. The van der Waals surface area contributed by atoms with Crippen LogP contribution in [0.15, 0.2) is 23.2 Å². The van der Waals surface area contributed by atoms with Gasteiger partial charge in [0.15, 0.2) is 0 Å². The number of rotatable bonds is 6. The molecular weight excluding hydrogens is 292 g/mol. The summed E-state index contributed by atoms with van der Waals surface area (Å²) in [5.41, 5.74) is 0. The van der Waals surface area contributed by atoms with E-state index >= 15 is 0 Å². The van der Waals surface area contributed by atoms with Crippen molar-refractivity contribution in [1.82, 2.24) is 9.29 Å². The highest BCUT2D eigenvalue weighted by molar-refractivity contribution is 7.89. The molecule has 0 unspecified atom stereocenters. The van der Waals surface area contributed by atoms with Crippen molar-refractivity contribution in [3.05, 3.63) is 23.5 Å². The van der Waals surface area contributed by atoms with Gasteiger partial charge in [-0.15, -0.1) is 0 Å². The number of carboxylic acid groups (broad SMARTS) is 1. The molecule has 0 saturated heterocycles. The van der Waals surface area contributed by atoms with Crippen molar-refractivity contribution in [1.29, 1.82) is 0 Å². The van der Waals surface area contributed by atoms with Crippen LogP contribution in [0.3, 0.4) is 0 Å². The molecule has 1 rings (SSSR count). The Hall–Kier alpha value is -1.18. The summed E-state index contributed by atoms with van der Waals surface area (Å²) in [6, 6.07) is 2.30. The van der Waals surface area contributed by atoms with E-state index in [9.17, 15) is 13.2 Å². The van der Waals surface area contributed by atoms with Crippen LogP contribution in [0, 0.1) is 0 Å². The number of carbonyl (C=O) groups is 1. The molecule has 8 heteroatoms. The zero-order valence-electron chi connectivity index (χ0n) is 10.6. The molecule has 0 aliphatic rings. The summed E-state index contributed by atoms with van der Waals surface area (Å²) in [6.45, 7) is 2.81. The third-order valence-electron chi connectivity index (χ3n) is 2.69. The summed E-state index contributed by atoms with van der Waals surface area (Å²) in [7, 11) is -3.98. The van der Waals surface area contributed by atoms with Gasteiger partial charge in [-0.3, -0.25) is 4.79 Å². The molecule has 19 heavy (non-hydrogen) atoms. The number of sulfonamides is 1. The van der Waals surface area contributed by atoms with E-state index < -0.39 is 28.6 Å². The van der Waals surface area contributed by atoms with Crippen LogP contribution in [-0.4, -0.2) is 41.4 Å². The molecule has 0 spiro atoms. The predicted molar refractivity (Wildman–Crippen MR) is 70.5 cm³/mol. The Kier molecular flexibility index (Phi) is 5.28. The molecule has 1 atom stereocenters. The normalized spacial score (nSPS) is 13.5. The molecule has 106 valence electrons. The van der Waals surface area contributed by atoms with E-state index in [2.05, 4.69) is 4.98 Å². The maximum atomic E-state index is 12.4. The molecule has 0 saturated carbocycles. The van der Waals surface area contributed by atoms with Crippen LogP contribution in [0.1, 0.15) is 20.3 Å². The van der Waals surface area contributed by atoms with Gasteiger partial charge in [0.25, 0.3) is 0 Å². The number of pyridine rings is 1. The van der Waals surface area contributed by atoms with Crippen molar-refractivity contribution in [3.63, 3.8) is 0 Å². The summed E-state index contributed by atoms with van der Waals surface area (Å²) in [6.07, 6.45) is 1.86. The van der Waals surface area contributed by atoms with Crippen molar-refractivity contribution < 1.29 is 18.3 Å². The Morgan fingerprint density at radius 1 is 1.58 bits per heavy atom. The third kappa shape index (κ3) is 3.65. The lowest BCUT2D eigenvalue weighted by Gasteiger charge is -2.26. The standard InChI is InChI=1S/C11H15ClN2O4S/c1-3-8(2)14(7-10(15)16)19(17,18)9-5-4-6-13-11(9)12/h4-6,8H,3,7H2,1-2H3,(H,15,16)/t8-/m1/s1. The van der Waals surface area contributed by atoms with Crippen LogP contribution in [0.2, 0.25) is 5.15 Å². The van der Waals surface area contributed by atoms with E-state index in [0.29, 0.717) is 6.42 Å². The quantitative estimate of drug-likeness (QED) is 0.807. The number of aliphatic carboxylic acids is 1. The molecular formula is C11H15ClN2O4S. The Morgan fingerprint density at radius 2 is 2.21 bits per heavy atom. The minimum atomic E-state index is -3.98. The fraction of sp³-hybridized carbons (Fsp3) is 0.455. The SMILES string of the molecule is CC[C@@H](C)N(CC(=O)O)S(=O)(=O)c1cccnc1Cl. The highest BCUT2D eigenvalue weighted by Crippen LogP contribution is 2.24. The Bertz CT molecular complexity index is 562. The number of nitrogens with zero attached hydrogens (tertiary/aromatic N) is 2. The molecule has 1 aromatic heterocycles. The second kappa shape index (κ2) is 6.31. The van der Waals surface area contributed by atoms with Crippen molar-refractivity contribution in [2.75, 3.05) is 6.54 Å². The number of aromatic nitrogens is 1. The highest BCUT2D eigenvalue weighted by atomic mass is 35.5. The van der Waals surface area contributed by atoms with Gasteiger partial charge >= 0.3 is 5.97 Å². The molecule has 0 aliphatic carbocycles. The van der Waals surface area contributed by atoms with E-state index in [4.69, 9.17) is 16.7 Å². The molecule has 6 nitrogen and oxygen atoms in total. The minimum absolute atomic E-state index is 0.166. The average molecular weight is 307 g/mol. The van der Waals surface area contributed by atoms with E-state index in [-0.39, 0.29) is 10.0 Å². The van der Waals surface area contributed by atoms with Gasteiger partial charge < -0.3 is 5.11 Å². The largest absolute Gasteiger partial charge is 0.480 e. The first-order valence-corrected chi connectivity index (χ1v) is 7.46. The van der Waals surface area contributed by atoms with Crippen molar-refractivity contribution in [2.45, 2.75) is 31.2 Å². The van der Waals surface area contributed by atoms with Gasteiger partial charge in [-0.05, 0) is 25.5 Å². The second-order valence-electron chi connectivity index (χ2n) is 3.99. The van der Waals surface area contributed by atoms with Crippen LogP contribution in [0.5, 0.6) is 0 Å². The lowest BCUT2D eigenvalue weighted by Crippen LogP contribution is -2.41. The first kappa shape index (κ1) is 15.9. The summed E-state index contributed by atoms with van der Waals surface area (Å²) in [4.78, 5) is 14.4. The van der Waals surface area contributed by atoms with Crippen LogP contribution < -0.4 is 0 Å². The maximum Gasteiger partial charge on any atom is 0.318 e. The van der Waals surface area contributed by atoms with Gasteiger partial charge in [0.1, 0.15) is 16.6 Å². The predicted octanol–water partition coefficient (Wildman–Crippen LogP) is 1.61. The molecule has 1 N–H and O–H groups in total. The number of halogens is 1. The molecule has 1 heterocycles. The minimum Gasteiger partial charge on any atom is -0.480 e. The van der Waals surface area contributed by atoms with E-state index in [1.54, 1.807) is 13.8 Å². The number of hydrogen-bond acceptors (Lipinski definition) is 4. The molecule has 0 aromatic carbocycles. The van der Waals surface area contributed by atoms with Gasteiger partial charge in [-0.2, -0.15) is 4.31 Å². The topological polar surface area (TPSA) is 87.6 Å². The Morgan fingerprint density at radius 3 is 2.68 bits per heavy atom. The first-order valence-electron chi connectivity index (χ1n) is 5.64. The lowest BCUT2D eigenvalue weighted by molar-refractivity contribution is -0.137. The Labute approximate surface area is 117 Å². The molecule has 1 aromatic rings. The maximum absolute atomic E-state index is 12.4. The average Bonchev–Trinajstić information content (AvgIpc) is 2.35. The van der Waals surface area contributed by atoms with Gasteiger partial charge in [-0.1, -0.05) is 18.5 Å². The number of carboxylic acids is 1. The van der Waals surface area contributed by atoms with Gasteiger partial charge in [0.2, 0.25) is 10.0 Å². The lowest BCUT2D eigenvalue weighted by atomic mass is 10.2. The smallest absolute Gasteiger partial charge is 0.318 e. The molecule has 0 bridgehead atoms. The van der Waals surface area contributed by atoms with Crippen molar-refractivity contribution in [2.24, 2.45) is 0 Å². The van der Waals surface area contributed by atoms with Gasteiger partial charge in [0.05, 0.1) is 0 Å². The van der Waals surface area contributed by atoms with Gasteiger partial charge in [-0.25, -0.2) is 13.4 Å². The highest BCUT2D eigenvalue weighted by Gasteiger charge is 2.32. The fourth-order valence-corrected chi connectivity index (χ4v) is 3.59. The van der Waals surface area contributed by atoms with Crippen LogP contribution in [0.25, 0.3) is 0 Å². The van der Waals surface area contributed by atoms with Gasteiger partial charge in [0, 0.05) is 12.2 Å². The summed E-state index contributed by atoms with van der Waals surface area (Å²) in [5, 5.41) is 8.69. The Balaban J connectivity index is 3.27. The monoisotopic (exact) mass is 306 g/mol. The van der Waals surface area contributed by atoms with Crippen molar-refractivity contribution >= 4 is 27.6 Å². The second-order valence-corrected chi connectivity index (χ2v) is 6.21.